The predicted octanol–water partition coefficient (Wildman–Crippen LogP) is 4.55. The molecule has 11 nitrogen and oxygen atoms in total. The van der Waals surface area contributed by atoms with Crippen LogP contribution in [0.3, 0.4) is 0 Å². The van der Waals surface area contributed by atoms with Gasteiger partial charge in [-0.3, -0.25) is 9.36 Å². The average molecular weight is 573 g/mol. The number of rotatable bonds is 11. The van der Waals surface area contributed by atoms with Crippen LogP contribution in [0.1, 0.15) is 65.0 Å². The van der Waals surface area contributed by atoms with Gasteiger partial charge in [0.05, 0.1) is 6.10 Å². The lowest BCUT2D eigenvalue weighted by atomic mass is 9.96. The molecule has 1 aromatic heterocycles. The number of carbonyl (C=O) groups is 1. The fourth-order valence-corrected chi connectivity index (χ4v) is 6.79. The second kappa shape index (κ2) is 12.4. The van der Waals surface area contributed by atoms with Gasteiger partial charge in [0.15, 0.2) is 6.23 Å². The standard InChI is InChI=1S/C28H38N5O6P/c1-17(2)33(18(3)4)40(36-15-14-29-8)39-23-22-26(38-28(23,7)20(6)37-22)32-16-19(5)24(31-27(32)35)30-25(34)21-12-10-9-11-13-21/h9-13,16-18,20,22-23,26H,14-15H2,1-7H3,(H,30,31,34,35)/t20?,22-,23+,26-,28+,40?/m1/s1/i7D. The Morgan fingerprint density at radius 1 is 1.32 bits per heavy atom. The summed E-state index contributed by atoms with van der Waals surface area (Å²) in [4.78, 5) is 33.5. The van der Waals surface area contributed by atoms with Crippen LogP contribution < -0.4 is 11.0 Å². The van der Waals surface area contributed by atoms with Crippen LogP contribution in [0, 0.1) is 13.5 Å². The van der Waals surface area contributed by atoms with Crippen molar-refractivity contribution >= 4 is 20.3 Å². The van der Waals surface area contributed by atoms with Gasteiger partial charge in [0.2, 0.25) is 6.54 Å². The number of hydrogen-bond acceptors (Lipinski definition) is 8. The van der Waals surface area contributed by atoms with Gasteiger partial charge in [0.1, 0.15) is 30.2 Å². The third-order valence-corrected chi connectivity index (χ3v) is 9.09. The first-order valence-corrected chi connectivity index (χ1v) is 14.5. The van der Waals surface area contributed by atoms with E-state index >= 15 is 0 Å². The number of ether oxygens (including phenoxy) is 2. The monoisotopic (exact) mass is 572 g/mol. The molecule has 0 aliphatic carbocycles. The average Bonchev–Trinajstić information content (AvgIpc) is 3.38. The zero-order chi connectivity index (χ0) is 29.9. The normalized spacial score (nSPS) is 26.8. The molecular formula is C28H38N5O6P. The van der Waals surface area contributed by atoms with E-state index in [-0.39, 0.29) is 43.9 Å². The van der Waals surface area contributed by atoms with E-state index in [1.807, 2.05) is 40.7 Å². The second-order valence-corrected chi connectivity index (χ2v) is 11.9. The third kappa shape index (κ3) is 5.98. The molecule has 1 amide bonds. The summed E-state index contributed by atoms with van der Waals surface area (Å²) in [6, 6.07) is 8.84. The van der Waals surface area contributed by atoms with Crippen LogP contribution in [0.4, 0.5) is 5.82 Å². The first-order valence-electron chi connectivity index (χ1n) is 14.0. The molecular weight excluding hydrogens is 533 g/mol. The van der Waals surface area contributed by atoms with Crippen molar-refractivity contribution in [1.82, 2.24) is 14.2 Å². The number of nitrogens with zero attached hydrogens (tertiary/aromatic N) is 4. The Labute approximate surface area is 238 Å². The van der Waals surface area contributed by atoms with Gasteiger partial charge in [-0.05, 0) is 60.6 Å². The highest BCUT2D eigenvalue weighted by molar-refractivity contribution is 7.44. The van der Waals surface area contributed by atoms with Crippen molar-refractivity contribution in [1.29, 1.82) is 0 Å². The first-order chi connectivity index (χ1) is 19.5. The van der Waals surface area contributed by atoms with Gasteiger partial charge in [0, 0.05) is 30.8 Å². The molecule has 2 aliphatic heterocycles. The lowest BCUT2D eigenvalue weighted by Crippen LogP contribution is -2.45. The minimum atomic E-state index is -1.64. The van der Waals surface area contributed by atoms with Gasteiger partial charge in [-0.2, -0.15) is 4.98 Å². The van der Waals surface area contributed by atoms with Gasteiger partial charge < -0.3 is 28.7 Å². The SMILES string of the molecule is [2H]C[C@]12O[C@@H](n3cc(C)c(NC(=O)c4ccccc4)nc3=O)[C@H](OC1C)[C@@H]2OP(OCC[N+]#[C-])N(C(C)C)C(C)C. The number of hydrogen-bond donors (Lipinski definition) is 1. The van der Waals surface area contributed by atoms with E-state index < -0.39 is 44.4 Å². The van der Waals surface area contributed by atoms with E-state index in [1.165, 1.54) is 4.57 Å². The fraction of sp³-hybridized carbons (Fsp3) is 0.571. The van der Waals surface area contributed by atoms with Crippen LogP contribution in [0.2, 0.25) is 0 Å². The maximum absolute atomic E-state index is 13.3. The number of fused-ring (bicyclic) bond motifs is 2. The summed E-state index contributed by atoms with van der Waals surface area (Å²) >= 11 is 0. The minimum absolute atomic E-state index is 0.0863. The highest BCUT2D eigenvalue weighted by atomic mass is 31.2. The highest BCUT2D eigenvalue weighted by Crippen LogP contribution is 2.56. The van der Waals surface area contributed by atoms with Gasteiger partial charge in [-0.1, -0.05) is 18.2 Å². The maximum Gasteiger partial charge on any atom is 0.351 e. The van der Waals surface area contributed by atoms with E-state index in [2.05, 4.69) is 19.8 Å². The highest BCUT2D eigenvalue weighted by Gasteiger charge is 2.65. The number of carbonyl (C=O) groups excluding carboxylic acids is 1. The molecule has 6 atom stereocenters. The summed E-state index contributed by atoms with van der Waals surface area (Å²) in [7, 11) is -1.64. The van der Waals surface area contributed by atoms with Crippen LogP contribution >= 0.6 is 8.53 Å². The van der Waals surface area contributed by atoms with Crippen LogP contribution in [0.25, 0.3) is 4.85 Å². The van der Waals surface area contributed by atoms with Crippen molar-refractivity contribution in [2.75, 3.05) is 18.5 Å². The number of aromatic nitrogens is 2. The van der Waals surface area contributed by atoms with Crippen LogP contribution in [-0.2, 0) is 18.5 Å². The molecule has 216 valence electrons. The van der Waals surface area contributed by atoms with Crippen molar-refractivity contribution in [2.24, 2.45) is 0 Å². The van der Waals surface area contributed by atoms with E-state index in [1.54, 1.807) is 37.4 Å². The second-order valence-electron chi connectivity index (χ2n) is 10.5. The molecule has 1 N–H and O–H groups in total. The van der Waals surface area contributed by atoms with Gasteiger partial charge in [0.25, 0.3) is 14.4 Å². The molecule has 3 heterocycles. The summed E-state index contributed by atoms with van der Waals surface area (Å²) < 4.78 is 37.4. The van der Waals surface area contributed by atoms with E-state index in [0.717, 1.165) is 0 Å². The molecule has 0 radical (unpaired) electrons. The van der Waals surface area contributed by atoms with Gasteiger partial charge in [-0.25, -0.2) is 16.0 Å². The van der Waals surface area contributed by atoms with E-state index in [4.69, 9.17) is 26.5 Å². The largest absolute Gasteiger partial charge is 0.365 e. The number of amides is 1. The zero-order valence-electron chi connectivity index (χ0n) is 24.7. The van der Waals surface area contributed by atoms with Crippen molar-refractivity contribution in [3.05, 3.63) is 69.6 Å². The van der Waals surface area contributed by atoms with Gasteiger partial charge in [-0.15, -0.1) is 0 Å². The number of anilines is 1. The van der Waals surface area contributed by atoms with Crippen LogP contribution in [-0.4, -0.2) is 69.3 Å². The fourth-order valence-electron chi connectivity index (χ4n) is 5.00. The minimum Gasteiger partial charge on any atom is -0.365 e. The Morgan fingerprint density at radius 3 is 2.65 bits per heavy atom. The summed E-state index contributed by atoms with van der Waals surface area (Å²) in [6.45, 7) is 19.1. The quantitative estimate of drug-likeness (QED) is 0.238. The molecule has 2 fully saturated rings. The van der Waals surface area contributed by atoms with E-state index in [0.29, 0.717) is 11.1 Å². The maximum atomic E-state index is 13.3. The smallest absolute Gasteiger partial charge is 0.351 e. The van der Waals surface area contributed by atoms with E-state index in [9.17, 15) is 9.59 Å². The topological polar surface area (TPSA) is 109 Å². The molecule has 2 bridgehead atoms. The Bertz CT molecular complexity index is 1310. The summed E-state index contributed by atoms with van der Waals surface area (Å²) in [5.41, 5.74) is -0.776. The first kappa shape index (κ1) is 28.8. The van der Waals surface area contributed by atoms with Crippen LogP contribution in [0.15, 0.2) is 41.3 Å². The van der Waals surface area contributed by atoms with Crippen molar-refractivity contribution < 1.29 is 24.7 Å². The number of benzene rings is 1. The van der Waals surface area contributed by atoms with Crippen LogP contribution in [0.5, 0.6) is 0 Å². The summed E-state index contributed by atoms with van der Waals surface area (Å²) in [5.74, 6) is -0.221. The Kier molecular flexibility index (Phi) is 8.95. The molecule has 0 spiro atoms. The van der Waals surface area contributed by atoms with Crippen molar-refractivity contribution in [3.63, 3.8) is 0 Å². The molecule has 2 unspecified atom stereocenters. The molecule has 2 saturated heterocycles. The molecule has 2 aromatic rings. The lowest BCUT2D eigenvalue weighted by molar-refractivity contribution is -0.200. The molecule has 1 aromatic carbocycles. The molecule has 40 heavy (non-hydrogen) atoms. The van der Waals surface area contributed by atoms with Gasteiger partial charge >= 0.3 is 5.69 Å². The molecule has 2 aliphatic rings. The summed E-state index contributed by atoms with van der Waals surface area (Å²) in [6.07, 6.45) is -1.20. The lowest BCUT2D eigenvalue weighted by Gasteiger charge is -2.38. The Balaban J connectivity index is 1.63. The molecule has 12 heteroatoms. The third-order valence-electron chi connectivity index (χ3n) is 6.98. The Morgan fingerprint density at radius 2 is 2.02 bits per heavy atom. The molecule has 0 saturated carbocycles. The van der Waals surface area contributed by atoms with Crippen molar-refractivity contribution in [3.8, 4) is 0 Å². The van der Waals surface area contributed by atoms with Crippen molar-refractivity contribution in [2.45, 2.75) is 90.7 Å². The Hall–Kier alpha value is -2.71. The number of nitrogens with one attached hydrogen (secondary N) is 1. The summed E-state index contributed by atoms with van der Waals surface area (Å²) in [5, 5.41) is 2.71. The molecule has 4 rings (SSSR count). The predicted molar refractivity (Wildman–Crippen MR) is 152 cm³/mol. The number of aryl methyl sites for hydroxylation is 1. The zero-order valence-corrected chi connectivity index (χ0v) is 24.6.